The number of benzene rings is 2. The molecule has 1 aromatic heterocycles. The van der Waals surface area contributed by atoms with E-state index >= 15 is 0 Å². The van der Waals surface area contributed by atoms with Crippen LogP contribution in [0.2, 0.25) is 0 Å². The molecule has 0 aliphatic heterocycles. The number of anilines is 1. The third-order valence-corrected chi connectivity index (χ3v) is 3.95. The minimum Gasteiger partial charge on any atom is -0.334 e. The fraction of sp³-hybridized carbons (Fsp3) is 0.158. The van der Waals surface area contributed by atoms with Crippen LogP contribution < -0.4 is 10.6 Å². The second-order valence-electron chi connectivity index (χ2n) is 5.63. The number of rotatable bonds is 3. The number of nitrogens with one attached hydrogen (secondary N) is 2. The van der Waals surface area contributed by atoms with Gasteiger partial charge < -0.3 is 10.6 Å². The molecular formula is C19H19N3O. The van der Waals surface area contributed by atoms with Crippen LogP contribution in [-0.4, -0.2) is 11.0 Å². The first-order chi connectivity index (χ1) is 11.1. The second kappa shape index (κ2) is 6.48. The molecule has 23 heavy (non-hydrogen) atoms. The summed E-state index contributed by atoms with van der Waals surface area (Å²) in [6.07, 6.45) is 3.51. The van der Waals surface area contributed by atoms with Gasteiger partial charge in [0.05, 0.1) is 5.69 Å². The highest BCUT2D eigenvalue weighted by Gasteiger charge is 2.05. The van der Waals surface area contributed by atoms with Crippen molar-refractivity contribution in [1.82, 2.24) is 10.3 Å². The van der Waals surface area contributed by atoms with Gasteiger partial charge in [-0.25, -0.2) is 4.79 Å². The number of urea groups is 1. The SMILES string of the molecule is Cc1ccc(CNC(=O)Nc2cccc3cnccc23)cc1C. The molecule has 3 rings (SSSR count). The monoisotopic (exact) mass is 305 g/mol. The lowest BCUT2D eigenvalue weighted by Gasteiger charge is -2.11. The van der Waals surface area contributed by atoms with Crippen LogP contribution in [0.1, 0.15) is 16.7 Å². The Morgan fingerprint density at radius 2 is 1.96 bits per heavy atom. The Morgan fingerprint density at radius 1 is 1.09 bits per heavy atom. The largest absolute Gasteiger partial charge is 0.334 e. The maximum atomic E-state index is 12.1. The summed E-state index contributed by atoms with van der Waals surface area (Å²) in [5, 5.41) is 7.77. The van der Waals surface area contributed by atoms with Crippen molar-refractivity contribution in [3.63, 3.8) is 0 Å². The topological polar surface area (TPSA) is 54.0 Å². The lowest BCUT2D eigenvalue weighted by atomic mass is 10.1. The Labute approximate surface area is 135 Å². The van der Waals surface area contributed by atoms with Crippen LogP contribution in [0, 0.1) is 13.8 Å². The van der Waals surface area contributed by atoms with Gasteiger partial charge in [-0.15, -0.1) is 0 Å². The van der Waals surface area contributed by atoms with Gasteiger partial charge in [0.25, 0.3) is 0 Å². The number of hydrogen-bond donors (Lipinski definition) is 2. The fourth-order valence-corrected chi connectivity index (χ4v) is 2.49. The molecule has 0 fully saturated rings. The standard InChI is InChI=1S/C19H19N3O/c1-13-6-7-15(10-14(13)2)11-21-19(23)22-18-5-3-4-16-12-20-9-8-17(16)18/h3-10,12H,11H2,1-2H3,(H2,21,22,23). The van der Waals surface area contributed by atoms with Crippen molar-refractivity contribution in [1.29, 1.82) is 0 Å². The van der Waals surface area contributed by atoms with Gasteiger partial charge in [0, 0.05) is 29.7 Å². The highest BCUT2D eigenvalue weighted by molar-refractivity contribution is 6.01. The molecule has 4 heteroatoms. The first kappa shape index (κ1) is 15.0. The van der Waals surface area contributed by atoms with Gasteiger partial charge in [0.1, 0.15) is 0 Å². The number of nitrogens with zero attached hydrogens (tertiary/aromatic N) is 1. The first-order valence-corrected chi connectivity index (χ1v) is 7.57. The molecule has 0 atom stereocenters. The predicted molar refractivity (Wildman–Crippen MR) is 93.5 cm³/mol. The number of carbonyl (C=O) groups excluding carboxylic acids is 1. The number of aryl methyl sites for hydroxylation is 2. The second-order valence-corrected chi connectivity index (χ2v) is 5.63. The van der Waals surface area contributed by atoms with Gasteiger partial charge in [-0.3, -0.25) is 4.98 Å². The Balaban J connectivity index is 1.68. The molecule has 0 unspecified atom stereocenters. The number of hydrogen-bond acceptors (Lipinski definition) is 2. The van der Waals surface area contributed by atoms with Crippen LogP contribution >= 0.6 is 0 Å². The molecule has 4 nitrogen and oxygen atoms in total. The Hall–Kier alpha value is -2.88. The summed E-state index contributed by atoms with van der Waals surface area (Å²) in [6.45, 7) is 4.65. The van der Waals surface area contributed by atoms with Crippen LogP contribution in [-0.2, 0) is 6.54 Å². The van der Waals surface area contributed by atoms with Gasteiger partial charge in [0.15, 0.2) is 0 Å². The number of fused-ring (bicyclic) bond motifs is 1. The lowest BCUT2D eigenvalue weighted by molar-refractivity contribution is 0.252. The van der Waals surface area contributed by atoms with Crippen LogP contribution in [0.15, 0.2) is 54.9 Å². The Bertz CT molecular complexity index is 853. The van der Waals surface area contributed by atoms with E-state index in [1.54, 1.807) is 12.4 Å². The average molecular weight is 305 g/mol. The molecule has 0 radical (unpaired) electrons. The zero-order valence-electron chi connectivity index (χ0n) is 13.3. The smallest absolute Gasteiger partial charge is 0.319 e. The molecule has 0 saturated carbocycles. The highest BCUT2D eigenvalue weighted by atomic mass is 16.2. The fourth-order valence-electron chi connectivity index (χ4n) is 2.49. The summed E-state index contributed by atoms with van der Waals surface area (Å²) < 4.78 is 0. The quantitative estimate of drug-likeness (QED) is 0.763. The van der Waals surface area contributed by atoms with E-state index in [0.717, 1.165) is 22.0 Å². The summed E-state index contributed by atoms with van der Waals surface area (Å²) >= 11 is 0. The van der Waals surface area contributed by atoms with E-state index in [0.29, 0.717) is 6.54 Å². The highest BCUT2D eigenvalue weighted by Crippen LogP contribution is 2.21. The molecule has 2 amide bonds. The van der Waals surface area contributed by atoms with E-state index in [1.807, 2.05) is 30.3 Å². The summed E-state index contributed by atoms with van der Waals surface area (Å²) in [5.41, 5.74) is 4.35. The average Bonchev–Trinajstić information content (AvgIpc) is 2.56. The molecule has 0 aliphatic carbocycles. The molecular weight excluding hydrogens is 286 g/mol. The third-order valence-electron chi connectivity index (χ3n) is 3.95. The minimum absolute atomic E-state index is 0.215. The van der Waals surface area contributed by atoms with E-state index < -0.39 is 0 Å². The van der Waals surface area contributed by atoms with Gasteiger partial charge in [-0.1, -0.05) is 30.3 Å². The molecule has 2 N–H and O–H groups in total. The summed E-state index contributed by atoms with van der Waals surface area (Å²) in [5.74, 6) is 0. The van der Waals surface area contributed by atoms with E-state index in [9.17, 15) is 4.79 Å². The third kappa shape index (κ3) is 3.48. The Morgan fingerprint density at radius 3 is 2.78 bits per heavy atom. The zero-order chi connectivity index (χ0) is 16.2. The van der Waals surface area contributed by atoms with Crippen LogP contribution in [0.3, 0.4) is 0 Å². The Kier molecular flexibility index (Phi) is 4.24. The molecule has 0 bridgehead atoms. The summed E-state index contributed by atoms with van der Waals surface area (Å²) in [6, 6.07) is 13.6. The van der Waals surface area contributed by atoms with Crippen molar-refractivity contribution >= 4 is 22.5 Å². The van der Waals surface area contributed by atoms with Crippen LogP contribution in [0.5, 0.6) is 0 Å². The maximum Gasteiger partial charge on any atom is 0.319 e. The van der Waals surface area contributed by atoms with Crippen LogP contribution in [0.25, 0.3) is 10.8 Å². The lowest BCUT2D eigenvalue weighted by Crippen LogP contribution is -2.28. The van der Waals surface area contributed by atoms with Crippen molar-refractivity contribution in [2.24, 2.45) is 0 Å². The van der Waals surface area contributed by atoms with Gasteiger partial charge >= 0.3 is 6.03 Å². The number of pyridine rings is 1. The number of amides is 2. The molecule has 0 spiro atoms. The number of carbonyl (C=O) groups is 1. The van der Waals surface area contributed by atoms with Gasteiger partial charge in [0.2, 0.25) is 0 Å². The molecule has 0 aliphatic rings. The summed E-state index contributed by atoms with van der Waals surface area (Å²) in [4.78, 5) is 16.2. The van der Waals surface area contributed by atoms with Gasteiger partial charge in [-0.2, -0.15) is 0 Å². The zero-order valence-corrected chi connectivity index (χ0v) is 13.3. The molecule has 2 aromatic carbocycles. The first-order valence-electron chi connectivity index (χ1n) is 7.57. The van der Waals surface area contributed by atoms with E-state index in [-0.39, 0.29) is 6.03 Å². The molecule has 3 aromatic rings. The van der Waals surface area contributed by atoms with Crippen molar-refractivity contribution in [3.8, 4) is 0 Å². The molecule has 116 valence electrons. The predicted octanol–water partition coefficient (Wildman–Crippen LogP) is 4.17. The van der Waals surface area contributed by atoms with E-state index in [1.165, 1.54) is 11.1 Å². The normalized spacial score (nSPS) is 10.5. The van der Waals surface area contributed by atoms with E-state index in [4.69, 9.17) is 0 Å². The maximum absolute atomic E-state index is 12.1. The van der Waals surface area contributed by atoms with E-state index in [2.05, 4.69) is 41.6 Å². The minimum atomic E-state index is -0.215. The van der Waals surface area contributed by atoms with Crippen molar-refractivity contribution in [2.75, 3.05) is 5.32 Å². The van der Waals surface area contributed by atoms with Crippen molar-refractivity contribution in [3.05, 3.63) is 71.5 Å². The number of aromatic nitrogens is 1. The van der Waals surface area contributed by atoms with Crippen molar-refractivity contribution < 1.29 is 4.79 Å². The van der Waals surface area contributed by atoms with Crippen molar-refractivity contribution in [2.45, 2.75) is 20.4 Å². The van der Waals surface area contributed by atoms with Gasteiger partial charge in [-0.05, 0) is 42.7 Å². The molecule has 1 heterocycles. The molecule has 0 saturated heterocycles. The summed E-state index contributed by atoms with van der Waals surface area (Å²) in [7, 11) is 0. The van der Waals surface area contributed by atoms with Crippen LogP contribution in [0.4, 0.5) is 10.5 Å².